The molecule has 20 heavy (non-hydrogen) atoms. The molecular formula is C14H27F3N2O. The number of rotatable bonds is 4. The van der Waals surface area contributed by atoms with E-state index in [4.69, 9.17) is 0 Å². The number of nitrogens with zero attached hydrogens (tertiary/aromatic N) is 1. The Morgan fingerprint density at radius 2 is 1.85 bits per heavy atom. The van der Waals surface area contributed by atoms with E-state index < -0.39 is 6.36 Å². The number of alkyl halides is 3. The highest BCUT2D eigenvalue weighted by atomic mass is 19.4. The first-order chi connectivity index (χ1) is 9.00. The maximum absolute atomic E-state index is 12.1. The molecule has 2 atom stereocenters. The Kier molecular flexibility index (Phi) is 5.87. The SMILES string of the molecule is CC(C)C1CNC(C(C)(C)C)CN1CCOC(F)(F)F. The summed E-state index contributed by atoms with van der Waals surface area (Å²) < 4.78 is 40.2. The molecular weight excluding hydrogens is 269 g/mol. The van der Waals surface area contributed by atoms with Crippen LogP contribution in [0.4, 0.5) is 13.2 Å². The van der Waals surface area contributed by atoms with Crippen LogP contribution in [0.5, 0.6) is 0 Å². The molecule has 0 bridgehead atoms. The average Bonchev–Trinajstić information content (AvgIpc) is 2.25. The second-order valence-corrected chi connectivity index (χ2v) is 6.93. The molecule has 0 amide bonds. The van der Waals surface area contributed by atoms with Crippen molar-refractivity contribution in [2.75, 3.05) is 26.2 Å². The highest BCUT2D eigenvalue weighted by Crippen LogP contribution is 2.25. The molecule has 3 nitrogen and oxygen atoms in total. The number of halogens is 3. The van der Waals surface area contributed by atoms with Gasteiger partial charge in [-0.2, -0.15) is 0 Å². The quantitative estimate of drug-likeness (QED) is 0.863. The lowest BCUT2D eigenvalue weighted by Crippen LogP contribution is -2.62. The summed E-state index contributed by atoms with van der Waals surface area (Å²) in [5.41, 5.74) is 0.0884. The van der Waals surface area contributed by atoms with E-state index in [0.29, 0.717) is 12.5 Å². The van der Waals surface area contributed by atoms with Crippen LogP contribution in [-0.4, -0.2) is 49.6 Å². The van der Waals surface area contributed by atoms with E-state index in [9.17, 15) is 13.2 Å². The van der Waals surface area contributed by atoms with Gasteiger partial charge in [-0.3, -0.25) is 9.64 Å². The molecule has 1 fully saturated rings. The fourth-order valence-electron chi connectivity index (χ4n) is 2.60. The molecule has 1 rings (SSSR count). The van der Waals surface area contributed by atoms with Gasteiger partial charge in [-0.25, -0.2) is 0 Å². The third-order valence-electron chi connectivity index (χ3n) is 3.92. The number of piperazine rings is 1. The molecule has 2 unspecified atom stereocenters. The van der Waals surface area contributed by atoms with Gasteiger partial charge in [0.15, 0.2) is 0 Å². The van der Waals surface area contributed by atoms with Crippen molar-refractivity contribution >= 4 is 0 Å². The maximum atomic E-state index is 12.1. The van der Waals surface area contributed by atoms with Gasteiger partial charge in [0, 0.05) is 31.7 Å². The van der Waals surface area contributed by atoms with Crippen LogP contribution in [0.15, 0.2) is 0 Å². The Hall–Kier alpha value is -0.330. The summed E-state index contributed by atoms with van der Waals surface area (Å²) in [6.07, 6.45) is -4.54. The van der Waals surface area contributed by atoms with Crippen LogP contribution in [0.1, 0.15) is 34.6 Å². The van der Waals surface area contributed by atoms with Crippen LogP contribution in [0.25, 0.3) is 0 Å². The molecule has 0 radical (unpaired) electrons. The minimum absolute atomic E-state index is 0.0884. The summed E-state index contributed by atoms with van der Waals surface area (Å²) in [5, 5.41) is 3.52. The van der Waals surface area contributed by atoms with E-state index in [1.165, 1.54) is 0 Å². The largest absolute Gasteiger partial charge is 0.522 e. The Bertz CT molecular complexity index is 300. The standard InChI is InChI=1S/C14H27F3N2O/c1-10(2)11-8-18-12(13(3,4)5)9-19(11)6-7-20-14(15,16)17/h10-12,18H,6-9H2,1-5H3. The van der Waals surface area contributed by atoms with Crippen molar-refractivity contribution in [3.8, 4) is 0 Å². The summed E-state index contributed by atoms with van der Waals surface area (Å²) in [5.74, 6) is 0.398. The van der Waals surface area contributed by atoms with Gasteiger partial charge in [0.05, 0.1) is 6.61 Å². The Balaban J connectivity index is 2.60. The van der Waals surface area contributed by atoms with Crippen LogP contribution in [-0.2, 0) is 4.74 Å². The van der Waals surface area contributed by atoms with Gasteiger partial charge in [0.1, 0.15) is 0 Å². The molecule has 120 valence electrons. The van der Waals surface area contributed by atoms with E-state index in [-0.39, 0.29) is 24.1 Å². The molecule has 1 aliphatic rings. The first-order valence-electron chi connectivity index (χ1n) is 7.19. The van der Waals surface area contributed by atoms with E-state index >= 15 is 0 Å². The maximum Gasteiger partial charge on any atom is 0.522 e. The van der Waals surface area contributed by atoms with Gasteiger partial charge in [0.2, 0.25) is 0 Å². The molecule has 1 heterocycles. The predicted octanol–water partition coefficient (Wildman–Crippen LogP) is 2.87. The summed E-state index contributed by atoms with van der Waals surface area (Å²) in [6.45, 7) is 12.2. The summed E-state index contributed by atoms with van der Waals surface area (Å²) in [6, 6.07) is 0.536. The Morgan fingerprint density at radius 1 is 1.25 bits per heavy atom. The number of ether oxygens (including phenoxy) is 1. The Labute approximate surface area is 119 Å². The number of nitrogens with one attached hydrogen (secondary N) is 1. The smallest absolute Gasteiger partial charge is 0.311 e. The van der Waals surface area contributed by atoms with Crippen molar-refractivity contribution in [1.29, 1.82) is 0 Å². The van der Waals surface area contributed by atoms with E-state index in [2.05, 4.69) is 49.6 Å². The van der Waals surface area contributed by atoms with Gasteiger partial charge in [0.25, 0.3) is 0 Å². The summed E-state index contributed by atoms with van der Waals surface area (Å²) >= 11 is 0. The Morgan fingerprint density at radius 3 is 2.30 bits per heavy atom. The minimum Gasteiger partial charge on any atom is -0.311 e. The molecule has 0 aliphatic carbocycles. The van der Waals surface area contributed by atoms with Gasteiger partial charge >= 0.3 is 6.36 Å². The molecule has 1 saturated heterocycles. The van der Waals surface area contributed by atoms with Gasteiger partial charge < -0.3 is 5.32 Å². The zero-order valence-electron chi connectivity index (χ0n) is 13.0. The molecule has 6 heteroatoms. The number of hydrogen-bond donors (Lipinski definition) is 1. The van der Waals surface area contributed by atoms with Gasteiger partial charge in [-0.1, -0.05) is 34.6 Å². The molecule has 0 saturated carbocycles. The van der Waals surface area contributed by atoms with Gasteiger partial charge in [-0.05, 0) is 11.3 Å². The van der Waals surface area contributed by atoms with Crippen LogP contribution in [0.3, 0.4) is 0 Å². The molecule has 0 aromatic carbocycles. The normalized spacial score (nSPS) is 26.2. The second-order valence-electron chi connectivity index (χ2n) is 6.93. The van der Waals surface area contributed by atoms with Crippen LogP contribution in [0, 0.1) is 11.3 Å². The van der Waals surface area contributed by atoms with Crippen molar-refractivity contribution in [2.24, 2.45) is 11.3 Å². The monoisotopic (exact) mass is 296 g/mol. The first-order valence-corrected chi connectivity index (χ1v) is 7.19. The average molecular weight is 296 g/mol. The van der Waals surface area contributed by atoms with Crippen LogP contribution < -0.4 is 5.32 Å². The fourth-order valence-corrected chi connectivity index (χ4v) is 2.60. The zero-order chi connectivity index (χ0) is 15.6. The lowest BCUT2D eigenvalue weighted by atomic mass is 9.83. The minimum atomic E-state index is -4.54. The molecule has 1 aliphatic heterocycles. The summed E-state index contributed by atoms with van der Waals surface area (Å²) in [7, 11) is 0. The van der Waals surface area contributed by atoms with Crippen molar-refractivity contribution in [1.82, 2.24) is 10.2 Å². The fraction of sp³-hybridized carbons (Fsp3) is 1.00. The molecule has 0 spiro atoms. The van der Waals surface area contributed by atoms with Gasteiger partial charge in [-0.15, -0.1) is 13.2 Å². The lowest BCUT2D eigenvalue weighted by molar-refractivity contribution is -0.325. The van der Waals surface area contributed by atoms with Crippen molar-refractivity contribution in [3.63, 3.8) is 0 Å². The van der Waals surface area contributed by atoms with Crippen molar-refractivity contribution < 1.29 is 17.9 Å². The van der Waals surface area contributed by atoms with E-state index in [1.54, 1.807) is 0 Å². The molecule has 1 N–H and O–H groups in total. The predicted molar refractivity (Wildman–Crippen MR) is 73.5 cm³/mol. The zero-order valence-corrected chi connectivity index (χ0v) is 13.0. The van der Waals surface area contributed by atoms with Crippen LogP contribution >= 0.6 is 0 Å². The topological polar surface area (TPSA) is 24.5 Å². The number of hydrogen-bond acceptors (Lipinski definition) is 3. The summed E-state index contributed by atoms with van der Waals surface area (Å²) in [4.78, 5) is 2.13. The lowest BCUT2D eigenvalue weighted by Gasteiger charge is -2.46. The highest BCUT2D eigenvalue weighted by molar-refractivity contribution is 4.92. The second kappa shape index (κ2) is 6.62. The van der Waals surface area contributed by atoms with Crippen molar-refractivity contribution in [3.05, 3.63) is 0 Å². The molecule has 0 aromatic heterocycles. The van der Waals surface area contributed by atoms with Crippen molar-refractivity contribution in [2.45, 2.75) is 53.1 Å². The van der Waals surface area contributed by atoms with Crippen LogP contribution in [0.2, 0.25) is 0 Å². The van der Waals surface area contributed by atoms with E-state index in [1.807, 2.05) is 0 Å². The third-order valence-corrected chi connectivity index (χ3v) is 3.92. The first kappa shape index (κ1) is 17.7. The van der Waals surface area contributed by atoms with E-state index in [0.717, 1.165) is 13.1 Å². The molecule has 0 aromatic rings. The third kappa shape index (κ3) is 5.58. The highest BCUT2D eigenvalue weighted by Gasteiger charge is 2.36.